The molecule has 0 saturated carbocycles. The number of ketones is 1. The number of fused-ring (bicyclic) bond motifs is 2. The van der Waals surface area contributed by atoms with E-state index in [4.69, 9.17) is 11.6 Å². The molecule has 0 saturated heterocycles. The number of carbonyl (C=O) groups excluding carboxylic acids is 2. The zero-order valence-corrected chi connectivity index (χ0v) is 21.7. The van der Waals surface area contributed by atoms with Crippen LogP contribution in [0.5, 0.6) is 0 Å². The van der Waals surface area contributed by atoms with Crippen molar-refractivity contribution < 1.29 is 18.4 Å². The monoisotopic (exact) mass is 536 g/mol. The van der Waals surface area contributed by atoms with Crippen LogP contribution in [0.4, 0.5) is 5.82 Å². The lowest BCUT2D eigenvalue weighted by Gasteiger charge is -2.32. The van der Waals surface area contributed by atoms with Gasteiger partial charge in [-0.15, -0.1) is 0 Å². The molecule has 11 heteroatoms. The molecule has 5 rings (SSSR count). The molecule has 0 fully saturated rings. The first-order valence-electron chi connectivity index (χ1n) is 11.7. The molecule has 0 aliphatic heterocycles. The van der Waals surface area contributed by atoms with Crippen LogP contribution >= 0.6 is 11.6 Å². The molecule has 1 amide bonds. The molecule has 37 heavy (non-hydrogen) atoms. The van der Waals surface area contributed by atoms with Gasteiger partial charge in [-0.2, -0.15) is 0 Å². The Morgan fingerprint density at radius 2 is 2.00 bits per heavy atom. The van der Waals surface area contributed by atoms with Crippen molar-refractivity contribution in [2.24, 2.45) is 0 Å². The molecular weight excluding hydrogens is 514 g/mol. The summed E-state index contributed by atoms with van der Waals surface area (Å²) in [5.74, 6) is -0.000670. The van der Waals surface area contributed by atoms with E-state index in [9.17, 15) is 18.4 Å². The number of hydrogen-bond acceptors (Lipinski definition) is 7. The Morgan fingerprint density at radius 3 is 2.73 bits per heavy atom. The predicted molar refractivity (Wildman–Crippen MR) is 138 cm³/mol. The number of rotatable bonds is 6. The molecule has 1 aromatic carbocycles. The quantitative estimate of drug-likeness (QED) is 0.369. The summed E-state index contributed by atoms with van der Waals surface area (Å²) in [5, 5.41) is 2.58. The molecule has 0 bridgehead atoms. The summed E-state index contributed by atoms with van der Waals surface area (Å²) < 4.78 is 24.0. The molecule has 1 N–H and O–H groups in total. The average molecular weight is 537 g/mol. The van der Waals surface area contributed by atoms with Crippen molar-refractivity contribution in [1.29, 1.82) is 0 Å². The second-order valence-corrected chi connectivity index (χ2v) is 10.9. The summed E-state index contributed by atoms with van der Waals surface area (Å²) in [6.45, 7) is 3.46. The zero-order chi connectivity index (χ0) is 26.3. The third kappa shape index (κ3) is 4.68. The van der Waals surface area contributed by atoms with Crippen LogP contribution in [-0.4, -0.2) is 39.8 Å². The minimum Gasteiger partial charge on any atom is -0.772 e. The molecule has 9 nitrogen and oxygen atoms in total. The number of benzene rings is 1. The zero-order valence-electron chi connectivity index (χ0n) is 20.1. The van der Waals surface area contributed by atoms with Crippen molar-refractivity contribution in [2.75, 3.05) is 5.32 Å². The van der Waals surface area contributed by atoms with Crippen LogP contribution in [0, 0.1) is 0 Å². The first-order valence-corrected chi connectivity index (χ1v) is 13.2. The maximum absolute atomic E-state index is 13.6. The highest BCUT2D eigenvalue weighted by molar-refractivity contribution is 7.79. The van der Waals surface area contributed by atoms with Crippen molar-refractivity contribution >= 4 is 45.8 Å². The van der Waals surface area contributed by atoms with E-state index in [1.807, 2.05) is 6.92 Å². The van der Waals surface area contributed by atoms with Gasteiger partial charge in [-0.05, 0) is 61.0 Å². The van der Waals surface area contributed by atoms with Gasteiger partial charge < -0.3 is 9.87 Å². The van der Waals surface area contributed by atoms with Gasteiger partial charge in [-0.3, -0.25) is 23.2 Å². The van der Waals surface area contributed by atoms with Crippen molar-refractivity contribution in [2.45, 2.75) is 43.8 Å². The Bertz CT molecular complexity index is 1550. The highest BCUT2D eigenvalue weighted by Crippen LogP contribution is 2.39. The van der Waals surface area contributed by atoms with Crippen LogP contribution in [0.2, 0.25) is 5.15 Å². The Kier molecular flexibility index (Phi) is 6.65. The SMILES string of the molecule is CC(c1ccc(CC(=O)Nc2ccc3c(n2)CCC(C)(c2ncc(Cl)n4ccnc24)C3=O)cc1)S(=O)[O-]. The summed E-state index contributed by atoms with van der Waals surface area (Å²) in [6, 6.07) is 10.2. The standard InChI is InChI=1S/C26H24ClN5O4S/c1-15(37(35)36)17-5-3-16(4-6-17)13-22(33)31-21-8-7-18-19(30-21)9-10-26(2,24(18)34)23-25-28-11-12-32(25)20(27)14-29-23/h3-8,11-12,14-15H,9-10,13H2,1-2H3,(H,35,36)(H,30,31,33)/p-1. The molecule has 4 aromatic rings. The molecule has 3 atom stereocenters. The van der Waals surface area contributed by atoms with Crippen LogP contribution < -0.4 is 5.32 Å². The lowest BCUT2D eigenvalue weighted by molar-refractivity contribution is -0.115. The number of aryl methyl sites for hydroxylation is 1. The first kappa shape index (κ1) is 25.2. The molecule has 1 aliphatic rings. The van der Waals surface area contributed by atoms with E-state index < -0.39 is 21.7 Å². The number of anilines is 1. The van der Waals surface area contributed by atoms with Gasteiger partial charge in [0.2, 0.25) is 5.91 Å². The smallest absolute Gasteiger partial charge is 0.229 e. The number of imidazole rings is 1. The van der Waals surface area contributed by atoms with Gasteiger partial charge in [0.05, 0.1) is 29.4 Å². The molecule has 0 spiro atoms. The minimum atomic E-state index is -2.21. The average Bonchev–Trinajstić information content (AvgIpc) is 3.37. The molecule has 1 aliphatic carbocycles. The Hall–Kier alpha value is -3.47. The number of halogens is 1. The van der Waals surface area contributed by atoms with Gasteiger partial charge in [0.25, 0.3) is 0 Å². The Labute approximate surface area is 220 Å². The molecule has 190 valence electrons. The van der Waals surface area contributed by atoms with E-state index in [1.54, 1.807) is 60.1 Å². The van der Waals surface area contributed by atoms with Crippen molar-refractivity contribution in [3.8, 4) is 0 Å². The molecule has 3 heterocycles. The predicted octanol–water partition coefficient (Wildman–Crippen LogP) is 3.99. The third-order valence-corrected chi connectivity index (χ3v) is 7.99. The largest absolute Gasteiger partial charge is 0.772 e. The number of nitrogens with one attached hydrogen (secondary N) is 1. The molecule has 3 unspecified atom stereocenters. The second kappa shape index (κ2) is 9.77. The summed E-state index contributed by atoms with van der Waals surface area (Å²) >= 11 is 4.02. The lowest BCUT2D eigenvalue weighted by atomic mass is 9.71. The van der Waals surface area contributed by atoms with Gasteiger partial charge in [-0.1, -0.05) is 35.9 Å². The number of pyridine rings is 1. The van der Waals surface area contributed by atoms with Gasteiger partial charge in [0.1, 0.15) is 11.0 Å². The van der Waals surface area contributed by atoms with Gasteiger partial charge >= 0.3 is 0 Å². The maximum Gasteiger partial charge on any atom is 0.229 e. The lowest BCUT2D eigenvalue weighted by Crippen LogP contribution is -2.39. The highest BCUT2D eigenvalue weighted by atomic mass is 35.5. The van der Waals surface area contributed by atoms with E-state index in [0.29, 0.717) is 52.0 Å². The molecule has 0 radical (unpaired) electrons. The minimum absolute atomic E-state index is 0.104. The fourth-order valence-corrected chi connectivity index (χ4v) is 5.21. The van der Waals surface area contributed by atoms with Crippen LogP contribution in [0.15, 0.2) is 55.0 Å². The summed E-state index contributed by atoms with van der Waals surface area (Å²) in [4.78, 5) is 39.6. The van der Waals surface area contributed by atoms with Crippen LogP contribution in [0.25, 0.3) is 5.65 Å². The number of carbonyl (C=O) groups is 2. The molecule has 3 aromatic heterocycles. The van der Waals surface area contributed by atoms with Crippen molar-refractivity contribution in [1.82, 2.24) is 19.4 Å². The fourth-order valence-electron chi connectivity index (χ4n) is 4.64. The maximum atomic E-state index is 13.6. The van der Waals surface area contributed by atoms with E-state index in [1.165, 1.54) is 6.20 Å². The van der Waals surface area contributed by atoms with E-state index in [-0.39, 0.29) is 18.1 Å². The van der Waals surface area contributed by atoms with Crippen LogP contribution in [0.3, 0.4) is 0 Å². The summed E-state index contributed by atoms with van der Waals surface area (Å²) in [6.07, 6.45) is 5.99. The Balaban J connectivity index is 1.31. The van der Waals surface area contributed by atoms with E-state index in [2.05, 4.69) is 20.3 Å². The van der Waals surface area contributed by atoms with Gasteiger partial charge in [-0.25, -0.2) is 9.97 Å². The Morgan fingerprint density at radius 1 is 1.24 bits per heavy atom. The first-order chi connectivity index (χ1) is 17.7. The van der Waals surface area contributed by atoms with Crippen LogP contribution in [-0.2, 0) is 34.1 Å². The summed E-state index contributed by atoms with van der Waals surface area (Å²) in [5.41, 5.74) is 2.75. The number of aromatic nitrogens is 4. The molecular formula is C26H23ClN5O4S-. The fraction of sp³-hybridized carbons (Fsp3) is 0.269. The number of nitrogens with zero attached hydrogens (tertiary/aromatic N) is 4. The van der Waals surface area contributed by atoms with Crippen LogP contribution in [0.1, 0.15) is 58.4 Å². The van der Waals surface area contributed by atoms with Gasteiger partial charge in [0, 0.05) is 23.2 Å². The normalized spacial score (nSPS) is 18.9. The highest BCUT2D eigenvalue weighted by Gasteiger charge is 2.43. The number of amides is 1. The van der Waals surface area contributed by atoms with Gasteiger partial charge in [0.15, 0.2) is 11.4 Å². The van der Waals surface area contributed by atoms with Crippen molar-refractivity contribution in [3.63, 3.8) is 0 Å². The van der Waals surface area contributed by atoms with Crippen molar-refractivity contribution in [3.05, 3.63) is 88.2 Å². The van der Waals surface area contributed by atoms with E-state index in [0.717, 1.165) is 5.56 Å². The third-order valence-electron chi connectivity index (χ3n) is 6.86. The van der Waals surface area contributed by atoms with E-state index >= 15 is 0 Å². The topological polar surface area (TPSA) is 129 Å². The second-order valence-electron chi connectivity index (χ2n) is 9.27. The number of Topliss-reactive ketones (excluding diaryl/α,β-unsaturated/α-hetero) is 1. The number of hydrogen-bond donors (Lipinski definition) is 1. The summed E-state index contributed by atoms with van der Waals surface area (Å²) in [7, 11) is 0.